The highest BCUT2D eigenvalue weighted by Gasteiger charge is 2.28. The summed E-state index contributed by atoms with van der Waals surface area (Å²) in [7, 11) is -3.34. The van der Waals surface area contributed by atoms with Crippen LogP contribution in [0.25, 0.3) is 5.65 Å². The van der Waals surface area contributed by atoms with Gasteiger partial charge in [0.15, 0.2) is 5.65 Å². The first-order valence-corrected chi connectivity index (χ1v) is 9.77. The van der Waals surface area contributed by atoms with Crippen molar-refractivity contribution in [3.05, 3.63) is 29.1 Å². The number of fused-ring (bicyclic) bond motifs is 1. The lowest BCUT2D eigenvalue weighted by Crippen LogP contribution is -2.27. The second-order valence-corrected chi connectivity index (χ2v) is 8.76. The second kappa shape index (κ2) is 6.07. The third-order valence-corrected chi connectivity index (χ3v) is 7.26. The largest absolute Gasteiger partial charge is 0.364 e. The van der Waals surface area contributed by atoms with Gasteiger partial charge in [0.2, 0.25) is 0 Å². The summed E-state index contributed by atoms with van der Waals surface area (Å²) in [4.78, 5) is 0.923. The number of sulfonamides is 1. The summed E-state index contributed by atoms with van der Waals surface area (Å²) >= 11 is 1.28. The van der Waals surface area contributed by atoms with Gasteiger partial charge < -0.3 is 5.32 Å². The van der Waals surface area contributed by atoms with Crippen LogP contribution in [-0.4, -0.2) is 51.1 Å². The normalized spacial score (nSPS) is 16.0. The third kappa shape index (κ3) is 2.85. The van der Waals surface area contributed by atoms with Crippen LogP contribution in [0.5, 0.6) is 0 Å². The average molecular weight is 365 g/mol. The SMILES string of the molecule is O=S(=O)(c1ccc(CNc2ccc3nnnn3n2)s1)N1CCCC1. The van der Waals surface area contributed by atoms with Crippen molar-refractivity contribution in [2.75, 3.05) is 18.4 Å². The summed E-state index contributed by atoms with van der Waals surface area (Å²) in [6, 6.07) is 7.04. The van der Waals surface area contributed by atoms with Crippen molar-refractivity contribution in [2.45, 2.75) is 23.6 Å². The van der Waals surface area contributed by atoms with Crippen LogP contribution < -0.4 is 5.32 Å². The number of nitrogens with one attached hydrogen (secondary N) is 1. The molecule has 4 heterocycles. The fourth-order valence-corrected chi connectivity index (χ4v) is 5.54. The van der Waals surface area contributed by atoms with E-state index in [1.54, 1.807) is 22.5 Å². The molecular weight excluding hydrogens is 350 g/mol. The minimum Gasteiger partial charge on any atom is -0.364 e. The van der Waals surface area contributed by atoms with E-state index < -0.39 is 10.0 Å². The minimum absolute atomic E-state index is 0.394. The maximum atomic E-state index is 12.5. The van der Waals surface area contributed by atoms with Crippen molar-refractivity contribution in [1.82, 2.24) is 29.6 Å². The van der Waals surface area contributed by atoms with E-state index in [2.05, 4.69) is 25.9 Å². The van der Waals surface area contributed by atoms with Gasteiger partial charge in [-0.05, 0) is 47.5 Å². The molecule has 0 spiro atoms. The van der Waals surface area contributed by atoms with Crippen LogP contribution in [-0.2, 0) is 16.6 Å². The summed E-state index contributed by atoms with van der Waals surface area (Å²) in [5, 5.41) is 18.4. The Bertz CT molecular complexity index is 960. The van der Waals surface area contributed by atoms with Crippen LogP contribution in [0.1, 0.15) is 17.7 Å². The molecule has 1 aliphatic rings. The second-order valence-electron chi connectivity index (χ2n) is 5.43. The van der Waals surface area contributed by atoms with Crippen LogP contribution in [0.15, 0.2) is 28.5 Å². The third-order valence-electron chi connectivity index (χ3n) is 3.81. The maximum absolute atomic E-state index is 12.5. The molecule has 0 radical (unpaired) electrons. The molecule has 9 nitrogen and oxygen atoms in total. The molecule has 0 saturated carbocycles. The predicted molar refractivity (Wildman–Crippen MR) is 88.2 cm³/mol. The van der Waals surface area contributed by atoms with Crippen LogP contribution in [0.3, 0.4) is 0 Å². The van der Waals surface area contributed by atoms with Crippen molar-refractivity contribution >= 4 is 32.8 Å². The van der Waals surface area contributed by atoms with Gasteiger partial charge in [-0.15, -0.1) is 26.2 Å². The lowest BCUT2D eigenvalue weighted by molar-refractivity contribution is 0.479. The van der Waals surface area contributed by atoms with Crippen LogP contribution >= 0.6 is 11.3 Å². The molecule has 0 bridgehead atoms. The number of rotatable bonds is 5. The molecule has 126 valence electrons. The van der Waals surface area contributed by atoms with Gasteiger partial charge in [-0.3, -0.25) is 0 Å². The monoisotopic (exact) mass is 365 g/mol. The molecule has 4 rings (SSSR count). The standard InChI is InChI=1S/C13H15N7O2S2/c21-24(22,19-7-1-2-8-19)13-6-3-10(23-13)9-14-11-4-5-12-15-17-18-20(12)16-11/h3-6H,1-2,7-9H2,(H,14,16). The number of nitrogens with zero attached hydrogens (tertiary/aromatic N) is 6. The van der Waals surface area contributed by atoms with E-state index in [0.717, 1.165) is 17.7 Å². The highest BCUT2D eigenvalue weighted by molar-refractivity contribution is 7.91. The van der Waals surface area contributed by atoms with Crippen molar-refractivity contribution in [2.24, 2.45) is 0 Å². The molecule has 1 aliphatic heterocycles. The van der Waals surface area contributed by atoms with Crippen molar-refractivity contribution in [3.8, 4) is 0 Å². The number of hydrogen-bond acceptors (Lipinski definition) is 8. The molecule has 1 N–H and O–H groups in total. The van der Waals surface area contributed by atoms with E-state index in [-0.39, 0.29) is 0 Å². The Labute approximate surface area is 142 Å². The molecule has 0 aliphatic carbocycles. The molecule has 0 atom stereocenters. The molecule has 1 fully saturated rings. The Hall–Kier alpha value is -2.11. The van der Waals surface area contributed by atoms with Crippen LogP contribution in [0, 0.1) is 0 Å². The first-order valence-electron chi connectivity index (χ1n) is 7.51. The first-order chi connectivity index (χ1) is 11.6. The topological polar surface area (TPSA) is 105 Å². The number of anilines is 1. The summed E-state index contributed by atoms with van der Waals surface area (Å²) in [6.45, 7) is 1.72. The molecule has 1 saturated heterocycles. The molecule has 0 amide bonds. The maximum Gasteiger partial charge on any atom is 0.252 e. The summed E-state index contributed by atoms with van der Waals surface area (Å²) in [6.07, 6.45) is 1.87. The minimum atomic E-state index is -3.34. The van der Waals surface area contributed by atoms with Crippen molar-refractivity contribution in [1.29, 1.82) is 0 Å². The Balaban J connectivity index is 1.46. The Morgan fingerprint density at radius 2 is 2.00 bits per heavy atom. The zero-order valence-corrected chi connectivity index (χ0v) is 14.3. The van der Waals surface area contributed by atoms with Crippen LogP contribution in [0.2, 0.25) is 0 Å². The Kier molecular flexibility index (Phi) is 3.90. The van der Waals surface area contributed by atoms with Gasteiger partial charge in [0.25, 0.3) is 10.0 Å². The van der Waals surface area contributed by atoms with E-state index in [4.69, 9.17) is 0 Å². The predicted octanol–water partition coefficient (Wildman–Crippen LogP) is 0.977. The van der Waals surface area contributed by atoms with Gasteiger partial charge in [-0.1, -0.05) is 0 Å². The van der Waals surface area contributed by atoms with E-state index in [0.29, 0.717) is 35.3 Å². The zero-order chi connectivity index (χ0) is 16.6. The van der Waals surface area contributed by atoms with E-state index in [1.807, 2.05) is 6.07 Å². The summed E-state index contributed by atoms with van der Waals surface area (Å²) in [5.41, 5.74) is 0.565. The fraction of sp³-hybridized carbons (Fsp3) is 0.385. The lowest BCUT2D eigenvalue weighted by Gasteiger charge is -2.13. The number of aromatic nitrogens is 5. The molecular formula is C13H15N7O2S2. The van der Waals surface area contributed by atoms with E-state index in [9.17, 15) is 8.42 Å². The highest BCUT2D eigenvalue weighted by Crippen LogP contribution is 2.27. The molecule has 0 unspecified atom stereocenters. The molecule has 11 heteroatoms. The quantitative estimate of drug-likeness (QED) is 0.718. The van der Waals surface area contributed by atoms with E-state index >= 15 is 0 Å². The Morgan fingerprint density at radius 3 is 2.83 bits per heavy atom. The fourth-order valence-electron chi connectivity index (χ4n) is 2.57. The van der Waals surface area contributed by atoms with Gasteiger partial charge in [-0.2, -0.15) is 4.31 Å². The van der Waals surface area contributed by atoms with Crippen molar-refractivity contribution < 1.29 is 8.42 Å². The summed E-state index contributed by atoms with van der Waals surface area (Å²) < 4.78 is 28.3. The number of hydrogen-bond donors (Lipinski definition) is 1. The summed E-state index contributed by atoms with van der Waals surface area (Å²) in [5.74, 6) is 0.618. The smallest absolute Gasteiger partial charge is 0.252 e. The van der Waals surface area contributed by atoms with Gasteiger partial charge in [-0.25, -0.2) is 8.42 Å². The Morgan fingerprint density at radius 1 is 1.17 bits per heavy atom. The highest BCUT2D eigenvalue weighted by atomic mass is 32.2. The number of tetrazole rings is 1. The zero-order valence-electron chi connectivity index (χ0n) is 12.7. The molecule has 3 aromatic heterocycles. The lowest BCUT2D eigenvalue weighted by atomic mass is 10.4. The van der Waals surface area contributed by atoms with Gasteiger partial charge >= 0.3 is 0 Å². The van der Waals surface area contributed by atoms with Crippen LogP contribution in [0.4, 0.5) is 5.82 Å². The van der Waals surface area contributed by atoms with Crippen molar-refractivity contribution in [3.63, 3.8) is 0 Å². The van der Waals surface area contributed by atoms with Gasteiger partial charge in [0.05, 0.1) is 6.54 Å². The molecule has 24 heavy (non-hydrogen) atoms. The molecule has 3 aromatic rings. The first kappa shape index (κ1) is 15.4. The average Bonchev–Trinajstić information content (AvgIpc) is 3.33. The van der Waals surface area contributed by atoms with Gasteiger partial charge in [0.1, 0.15) is 10.0 Å². The van der Waals surface area contributed by atoms with E-state index in [1.165, 1.54) is 16.0 Å². The number of thiophene rings is 1. The van der Waals surface area contributed by atoms with Gasteiger partial charge in [0, 0.05) is 18.0 Å². The molecule has 0 aromatic carbocycles.